The van der Waals surface area contributed by atoms with Gasteiger partial charge in [-0.15, -0.1) is 0 Å². The van der Waals surface area contributed by atoms with Crippen molar-refractivity contribution >= 4 is 39.7 Å². The second kappa shape index (κ2) is 9.30. The van der Waals surface area contributed by atoms with Crippen molar-refractivity contribution in [2.24, 2.45) is 7.05 Å². The number of anilines is 1. The standard InChI is InChI=1S/C26H25N7O2/c1-27-25-22-23(33(2)15-30-22)19-12-20(31-24(19)32-25)18-10-6-7-16(11-18)13-28-21(34)14-29-26(35)17-8-4-3-5-9-17/h3-12,15H,13-14H2,1-2H3,(H,28,34)(H,29,35)(H2,27,31,32). The minimum atomic E-state index is -0.279. The molecule has 0 saturated heterocycles. The SMILES string of the molecule is CNc1nc2[nH]c(-c3cccc(CNC(=O)CNC(=O)c4ccccc4)c3)cc2c2c1ncn2C. The van der Waals surface area contributed by atoms with E-state index in [2.05, 4.69) is 37.0 Å². The largest absolute Gasteiger partial charge is 0.371 e. The van der Waals surface area contributed by atoms with E-state index in [1.165, 1.54) is 0 Å². The molecule has 0 saturated carbocycles. The van der Waals surface area contributed by atoms with Crippen LogP contribution in [0.1, 0.15) is 15.9 Å². The molecule has 0 atom stereocenters. The van der Waals surface area contributed by atoms with Gasteiger partial charge in [0.2, 0.25) is 5.91 Å². The Morgan fingerprint density at radius 1 is 1.03 bits per heavy atom. The minimum Gasteiger partial charge on any atom is -0.371 e. The van der Waals surface area contributed by atoms with Gasteiger partial charge in [0.15, 0.2) is 5.82 Å². The molecule has 2 aromatic carbocycles. The zero-order chi connectivity index (χ0) is 24.4. The minimum absolute atomic E-state index is 0.0877. The number of hydrogen-bond acceptors (Lipinski definition) is 5. The van der Waals surface area contributed by atoms with Gasteiger partial charge in [-0.2, -0.15) is 0 Å². The predicted octanol–water partition coefficient (Wildman–Crippen LogP) is 3.20. The lowest BCUT2D eigenvalue weighted by Gasteiger charge is -2.08. The molecule has 0 fully saturated rings. The summed E-state index contributed by atoms with van der Waals surface area (Å²) in [6.07, 6.45) is 1.78. The van der Waals surface area contributed by atoms with Crippen molar-refractivity contribution in [1.82, 2.24) is 30.2 Å². The first-order valence-electron chi connectivity index (χ1n) is 11.2. The number of carbonyl (C=O) groups excluding carboxylic acids is 2. The van der Waals surface area contributed by atoms with E-state index < -0.39 is 0 Å². The number of benzene rings is 2. The number of pyridine rings is 1. The zero-order valence-electron chi connectivity index (χ0n) is 19.4. The number of aryl methyl sites for hydroxylation is 1. The summed E-state index contributed by atoms with van der Waals surface area (Å²) >= 11 is 0. The number of amides is 2. The van der Waals surface area contributed by atoms with Gasteiger partial charge in [-0.05, 0) is 35.4 Å². The molecular formula is C26H25N7O2. The van der Waals surface area contributed by atoms with Crippen LogP contribution in [0.5, 0.6) is 0 Å². The number of aromatic amines is 1. The first-order valence-corrected chi connectivity index (χ1v) is 11.2. The molecule has 0 aliphatic heterocycles. The molecule has 2 amide bonds. The summed E-state index contributed by atoms with van der Waals surface area (Å²) in [6.45, 7) is 0.262. The van der Waals surface area contributed by atoms with Crippen molar-refractivity contribution in [3.8, 4) is 11.3 Å². The molecule has 5 rings (SSSR count). The average Bonchev–Trinajstić information content (AvgIpc) is 3.49. The highest BCUT2D eigenvalue weighted by Gasteiger charge is 2.15. The molecule has 0 aliphatic carbocycles. The van der Waals surface area contributed by atoms with Crippen molar-refractivity contribution in [3.05, 3.63) is 78.1 Å². The van der Waals surface area contributed by atoms with E-state index in [1.54, 1.807) is 30.6 Å². The number of H-pyrrole nitrogens is 1. The summed E-state index contributed by atoms with van der Waals surface area (Å²) in [5, 5.41) is 9.60. The Morgan fingerprint density at radius 2 is 1.86 bits per heavy atom. The molecule has 9 nitrogen and oxygen atoms in total. The van der Waals surface area contributed by atoms with Crippen LogP contribution in [0.4, 0.5) is 5.82 Å². The number of aromatic nitrogens is 4. The van der Waals surface area contributed by atoms with Gasteiger partial charge in [-0.25, -0.2) is 9.97 Å². The summed E-state index contributed by atoms with van der Waals surface area (Å²) in [6, 6.07) is 18.8. The van der Waals surface area contributed by atoms with Crippen LogP contribution in [-0.2, 0) is 18.4 Å². The number of carbonyl (C=O) groups is 2. The molecule has 3 heterocycles. The van der Waals surface area contributed by atoms with Gasteiger partial charge in [0.05, 0.1) is 18.4 Å². The maximum atomic E-state index is 12.3. The molecule has 0 spiro atoms. The molecule has 4 N–H and O–H groups in total. The topological polar surface area (TPSA) is 117 Å². The molecule has 35 heavy (non-hydrogen) atoms. The van der Waals surface area contributed by atoms with E-state index in [-0.39, 0.29) is 18.4 Å². The molecule has 176 valence electrons. The molecule has 0 aliphatic rings. The van der Waals surface area contributed by atoms with Crippen LogP contribution in [-0.4, -0.2) is 44.9 Å². The fraction of sp³-hybridized carbons (Fsp3) is 0.154. The van der Waals surface area contributed by atoms with Crippen molar-refractivity contribution in [2.75, 3.05) is 18.9 Å². The lowest BCUT2D eigenvalue weighted by molar-refractivity contribution is -0.120. The molecule has 0 bridgehead atoms. The van der Waals surface area contributed by atoms with E-state index in [0.717, 1.165) is 44.7 Å². The van der Waals surface area contributed by atoms with Gasteiger partial charge in [-0.3, -0.25) is 9.59 Å². The lowest BCUT2D eigenvalue weighted by Crippen LogP contribution is -2.36. The highest BCUT2D eigenvalue weighted by atomic mass is 16.2. The number of fused-ring (bicyclic) bond motifs is 3. The van der Waals surface area contributed by atoms with Gasteiger partial charge in [0.1, 0.15) is 11.2 Å². The number of rotatable bonds is 7. The van der Waals surface area contributed by atoms with Crippen molar-refractivity contribution in [2.45, 2.75) is 6.54 Å². The monoisotopic (exact) mass is 467 g/mol. The van der Waals surface area contributed by atoms with Crippen molar-refractivity contribution in [1.29, 1.82) is 0 Å². The first-order chi connectivity index (χ1) is 17.0. The Morgan fingerprint density at radius 3 is 2.66 bits per heavy atom. The summed E-state index contributed by atoms with van der Waals surface area (Å²) in [4.78, 5) is 36.9. The van der Waals surface area contributed by atoms with E-state index >= 15 is 0 Å². The Kier molecular flexibility index (Phi) is 5.88. The van der Waals surface area contributed by atoms with Gasteiger partial charge >= 0.3 is 0 Å². The molecular weight excluding hydrogens is 442 g/mol. The van der Waals surface area contributed by atoms with Gasteiger partial charge < -0.3 is 25.5 Å². The first kappa shape index (κ1) is 22.1. The summed E-state index contributed by atoms with van der Waals surface area (Å²) in [7, 11) is 3.80. The van der Waals surface area contributed by atoms with Crippen LogP contribution < -0.4 is 16.0 Å². The van der Waals surface area contributed by atoms with Crippen molar-refractivity contribution < 1.29 is 9.59 Å². The highest BCUT2D eigenvalue weighted by molar-refractivity contribution is 6.07. The van der Waals surface area contributed by atoms with Crippen molar-refractivity contribution in [3.63, 3.8) is 0 Å². The normalized spacial score (nSPS) is 11.0. The maximum absolute atomic E-state index is 12.3. The third kappa shape index (κ3) is 4.43. The van der Waals surface area contributed by atoms with Crippen LogP contribution in [0.15, 0.2) is 67.0 Å². The molecule has 0 unspecified atom stereocenters. The Bertz CT molecular complexity index is 1540. The van der Waals surface area contributed by atoms with Gasteiger partial charge in [-0.1, -0.05) is 36.4 Å². The van der Waals surface area contributed by atoms with Crippen LogP contribution in [0.3, 0.4) is 0 Å². The van der Waals surface area contributed by atoms with Gasteiger partial charge in [0.25, 0.3) is 5.91 Å². The third-order valence-electron chi connectivity index (χ3n) is 5.85. The maximum Gasteiger partial charge on any atom is 0.251 e. The molecule has 9 heteroatoms. The Labute approximate surface area is 201 Å². The zero-order valence-corrected chi connectivity index (χ0v) is 19.4. The summed E-state index contributed by atoms with van der Waals surface area (Å²) in [5.41, 5.74) is 5.96. The number of nitrogens with one attached hydrogen (secondary N) is 4. The second-order valence-electron chi connectivity index (χ2n) is 8.23. The highest BCUT2D eigenvalue weighted by Crippen LogP contribution is 2.31. The number of imidazole rings is 1. The van der Waals surface area contributed by atoms with E-state index in [9.17, 15) is 9.59 Å². The predicted molar refractivity (Wildman–Crippen MR) is 136 cm³/mol. The van der Waals surface area contributed by atoms with Gasteiger partial charge in [0, 0.05) is 37.3 Å². The summed E-state index contributed by atoms with van der Waals surface area (Å²) in [5.74, 6) is 0.184. The van der Waals surface area contributed by atoms with E-state index in [4.69, 9.17) is 0 Å². The third-order valence-corrected chi connectivity index (χ3v) is 5.85. The summed E-state index contributed by atoms with van der Waals surface area (Å²) < 4.78 is 1.99. The van der Waals surface area contributed by atoms with Crippen LogP contribution in [0.25, 0.3) is 33.3 Å². The fourth-order valence-corrected chi connectivity index (χ4v) is 4.09. The fourth-order valence-electron chi connectivity index (χ4n) is 4.09. The van der Waals surface area contributed by atoms with Crippen LogP contribution in [0.2, 0.25) is 0 Å². The Hall–Kier alpha value is -4.66. The smallest absolute Gasteiger partial charge is 0.251 e. The van der Waals surface area contributed by atoms with E-state index in [1.807, 2.05) is 49.0 Å². The molecule has 3 aromatic heterocycles. The molecule has 5 aromatic rings. The average molecular weight is 468 g/mol. The number of hydrogen-bond donors (Lipinski definition) is 4. The lowest BCUT2D eigenvalue weighted by atomic mass is 10.1. The second-order valence-corrected chi connectivity index (χ2v) is 8.23. The van der Waals surface area contributed by atoms with Crippen LogP contribution in [0, 0.1) is 0 Å². The molecule has 0 radical (unpaired) electrons. The van der Waals surface area contributed by atoms with Crippen LogP contribution >= 0.6 is 0 Å². The Balaban J connectivity index is 1.29. The number of nitrogens with zero attached hydrogens (tertiary/aromatic N) is 3. The van der Waals surface area contributed by atoms with E-state index in [0.29, 0.717) is 12.1 Å². The quantitative estimate of drug-likeness (QED) is 0.293.